The van der Waals surface area contributed by atoms with E-state index in [2.05, 4.69) is 4.99 Å². The van der Waals surface area contributed by atoms with E-state index in [0.29, 0.717) is 24.9 Å². The summed E-state index contributed by atoms with van der Waals surface area (Å²) < 4.78 is 4.91. The average molecular weight is 351 g/mol. The first-order valence-electron chi connectivity index (χ1n) is 7.61. The second kappa shape index (κ2) is 10.6. The van der Waals surface area contributed by atoms with Gasteiger partial charge in [0.2, 0.25) is 0 Å². The molecule has 0 aromatic heterocycles. The van der Waals surface area contributed by atoms with Gasteiger partial charge in [-0.1, -0.05) is 30.3 Å². The Morgan fingerprint density at radius 2 is 1.92 bits per heavy atom. The van der Waals surface area contributed by atoms with E-state index in [4.69, 9.17) is 16.2 Å². The predicted octanol–water partition coefficient (Wildman–Crippen LogP) is -0.107. The van der Waals surface area contributed by atoms with Crippen molar-refractivity contribution in [2.24, 2.45) is 16.5 Å². The zero-order chi connectivity index (χ0) is 18.7. The monoisotopic (exact) mass is 351 g/mol. The number of hydrogen-bond acceptors (Lipinski definition) is 6. The quantitative estimate of drug-likeness (QED) is 0.0945. The van der Waals surface area contributed by atoms with E-state index < -0.39 is 22.8 Å². The number of nitrogens with zero attached hydrogens (tertiary/aromatic N) is 2. The Labute approximate surface area is 144 Å². The van der Waals surface area contributed by atoms with E-state index >= 15 is 0 Å². The molecular weight excluding hydrogens is 330 g/mol. The highest BCUT2D eigenvalue weighted by Gasteiger charge is 2.29. The van der Waals surface area contributed by atoms with Crippen LogP contribution in [0, 0.1) is 10.1 Å². The number of benzene rings is 1. The van der Waals surface area contributed by atoms with Crippen LogP contribution < -0.4 is 16.9 Å². The minimum absolute atomic E-state index is 0.0551. The lowest BCUT2D eigenvalue weighted by molar-refractivity contribution is -0.548. The van der Waals surface area contributed by atoms with Gasteiger partial charge < -0.3 is 16.2 Å². The van der Waals surface area contributed by atoms with Crippen molar-refractivity contribution in [3.8, 4) is 0 Å². The van der Waals surface area contributed by atoms with Crippen LogP contribution in [0.1, 0.15) is 24.8 Å². The Bertz CT molecular complexity index is 616. The summed E-state index contributed by atoms with van der Waals surface area (Å²) in [4.78, 5) is 38.3. The third-order valence-electron chi connectivity index (χ3n) is 3.19. The van der Waals surface area contributed by atoms with Crippen molar-refractivity contribution in [2.75, 3.05) is 6.54 Å². The van der Waals surface area contributed by atoms with E-state index in [1.165, 1.54) is 0 Å². The Morgan fingerprint density at radius 3 is 2.52 bits per heavy atom. The number of aliphatic imine (C=N–C) groups is 1. The first kappa shape index (κ1) is 19.9. The normalized spacial score (nSPS) is 11.2. The zero-order valence-electron chi connectivity index (χ0n) is 13.6. The molecule has 0 unspecified atom stereocenters. The molecule has 0 aliphatic heterocycles. The molecule has 0 fully saturated rings. The molecule has 0 spiro atoms. The molecule has 1 atom stereocenters. The van der Waals surface area contributed by atoms with Gasteiger partial charge in [0.15, 0.2) is 17.0 Å². The number of carbonyl (C=O) groups is 2. The van der Waals surface area contributed by atoms with Crippen molar-refractivity contribution >= 4 is 17.7 Å². The molecule has 10 heteroatoms. The molecule has 1 rings (SSSR count). The summed E-state index contributed by atoms with van der Waals surface area (Å²) in [5, 5.41) is 9.77. The van der Waals surface area contributed by atoms with Crippen molar-refractivity contribution in [2.45, 2.75) is 31.9 Å². The van der Waals surface area contributed by atoms with E-state index in [-0.39, 0.29) is 19.0 Å². The van der Waals surface area contributed by atoms with Crippen molar-refractivity contribution in [3.63, 3.8) is 0 Å². The molecule has 0 aliphatic rings. The summed E-state index contributed by atoms with van der Waals surface area (Å²) in [5.41, 5.74) is 12.9. The predicted molar refractivity (Wildman–Crippen MR) is 89.7 cm³/mol. The van der Waals surface area contributed by atoms with Crippen LogP contribution >= 0.6 is 0 Å². The number of nitro groups is 1. The maximum Gasteiger partial charge on any atom is 0.377 e. The molecule has 0 amide bonds. The number of unbranched alkanes of at least 4 members (excludes halogenated alkanes) is 1. The minimum Gasteiger partial charge on any atom is -0.455 e. The van der Waals surface area contributed by atoms with Gasteiger partial charge in [-0.15, -0.1) is 5.43 Å². The molecule has 0 bridgehead atoms. The molecule has 0 heterocycles. The lowest BCUT2D eigenvalue weighted by Crippen LogP contribution is -2.44. The fraction of sp³-hybridized carbons (Fsp3) is 0.400. The van der Waals surface area contributed by atoms with Crippen LogP contribution in [-0.4, -0.2) is 35.3 Å². The Kier molecular flexibility index (Phi) is 8.41. The van der Waals surface area contributed by atoms with Gasteiger partial charge >= 0.3 is 5.97 Å². The number of ketones is 1. The lowest BCUT2D eigenvalue weighted by Gasteiger charge is -2.12. The van der Waals surface area contributed by atoms with Crippen LogP contribution in [0.3, 0.4) is 0 Å². The number of Topliss-reactive ketones (excluding diaryl/α,β-unsaturated/α-hetero) is 1. The highest BCUT2D eigenvalue weighted by Crippen LogP contribution is 2.06. The zero-order valence-corrected chi connectivity index (χ0v) is 13.6. The van der Waals surface area contributed by atoms with Crippen LogP contribution in [0.2, 0.25) is 0 Å². The largest absolute Gasteiger partial charge is 0.455 e. The standard InChI is InChI=1S/C15H21N5O5/c16-15(17)18-9-5-4-8-12(19-20(23)24)13(21)14(22)25-10-11-6-2-1-3-7-11/h1-3,6-7,12,19H,4-5,8-10H2,(H4,16,17,18)/t12-/m0/s1. The first-order valence-corrected chi connectivity index (χ1v) is 7.61. The highest BCUT2D eigenvalue weighted by molar-refractivity contribution is 6.35. The maximum atomic E-state index is 12.1. The number of esters is 1. The number of rotatable bonds is 11. The number of carbonyl (C=O) groups excluding carboxylic acids is 2. The number of guanidine groups is 1. The van der Waals surface area contributed by atoms with Gasteiger partial charge in [0.1, 0.15) is 6.61 Å². The maximum absolute atomic E-state index is 12.1. The molecule has 136 valence electrons. The number of hydrazine groups is 1. The van der Waals surface area contributed by atoms with Gasteiger partial charge in [0, 0.05) is 6.54 Å². The van der Waals surface area contributed by atoms with Crippen molar-refractivity contribution < 1.29 is 19.4 Å². The molecular formula is C15H21N5O5. The van der Waals surface area contributed by atoms with Gasteiger partial charge in [-0.2, -0.15) is 0 Å². The smallest absolute Gasteiger partial charge is 0.377 e. The van der Waals surface area contributed by atoms with Crippen molar-refractivity contribution in [1.29, 1.82) is 0 Å². The summed E-state index contributed by atoms with van der Waals surface area (Å²) in [6.45, 7) is 0.251. The number of nitrogens with two attached hydrogens (primary N) is 2. The number of hydrogen-bond donors (Lipinski definition) is 3. The van der Waals surface area contributed by atoms with Gasteiger partial charge in [-0.25, -0.2) is 14.9 Å². The highest BCUT2D eigenvalue weighted by atomic mass is 16.7. The second-order valence-electron chi connectivity index (χ2n) is 5.17. The van der Waals surface area contributed by atoms with Gasteiger partial charge in [-0.3, -0.25) is 9.79 Å². The fourth-order valence-electron chi connectivity index (χ4n) is 1.99. The van der Waals surface area contributed by atoms with E-state index in [0.717, 1.165) is 0 Å². The molecule has 10 nitrogen and oxygen atoms in total. The molecule has 0 saturated carbocycles. The Morgan fingerprint density at radius 1 is 1.24 bits per heavy atom. The molecule has 25 heavy (non-hydrogen) atoms. The number of nitrogens with one attached hydrogen (secondary N) is 1. The van der Waals surface area contributed by atoms with Crippen LogP contribution in [0.25, 0.3) is 0 Å². The molecule has 0 radical (unpaired) electrons. The van der Waals surface area contributed by atoms with Crippen LogP contribution in [0.5, 0.6) is 0 Å². The van der Waals surface area contributed by atoms with Gasteiger partial charge in [-0.05, 0) is 24.8 Å². The Balaban J connectivity index is 2.51. The van der Waals surface area contributed by atoms with Crippen molar-refractivity contribution in [3.05, 3.63) is 46.0 Å². The topological polar surface area (TPSA) is 163 Å². The van der Waals surface area contributed by atoms with E-state index in [1.54, 1.807) is 30.3 Å². The molecule has 5 N–H and O–H groups in total. The molecule has 0 saturated heterocycles. The number of ether oxygens (including phenoxy) is 1. The van der Waals surface area contributed by atoms with Crippen LogP contribution in [0.4, 0.5) is 0 Å². The van der Waals surface area contributed by atoms with E-state index in [1.807, 2.05) is 5.43 Å². The lowest BCUT2D eigenvalue weighted by atomic mass is 10.1. The summed E-state index contributed by atoms with van der Waals surface area (Å²) in [5.74, 6) is -2.16. The van der Waals surface area contributed by atoms with Crippen LogP contribution in [0.15, 0.2) is 35.3 Å². The Hall–Kier alpha value is -3.17. The second-order valence-corrected chi connectivity index (χ2v) is 5.17. The van der Waals surface area contributed by atoms with Gasteiger partial charge in [0.05, 0.1) is 0 Å². The van der Waals surface area contributed by atoms with Crippen molar-refractivity contribution in [1.82, 2.24) is 5.43 Å². The minimum atomic E-state index is -1.27. The SMILES string of the molecule is NC(N)=NCCCC[C@H](N[N+](=O)[O-])C(=O)C(=O)OCc1ccccc1. The summed E-state index contributed by atoms with van der Waals surface area (Å²) in [6, 6.07) is 7.52. The first-order chi connectivity index (χ1) is 11.9. The third kappa shape index (κ3) is 8.30. The summed E-state index contributed by atoms with van der Waals surface area (Å²) >= 11 is 0. The van der Waals surface area contributed by atoms with Crippen LogP contribution in [-0.2, 0) is 20.9 Å². The fourth-order valence-corrected chi connectivity index (χ4v) is 1.99. The summed E-state index contributed by atoms with van der Waals surface area (Å²) in [6.07, 6.45) is 1.01. The molecule has 1 aromatic carbocycles. The molecule has 0 aliphatic carbocycles. The average Bonchev–Trinajstić information content (AvgIpc) is 2.58. The molecule has 1 aromatic rings. The summed E-state index contributed by atoms with van der Waals surface area (Å²) in [7, 11) is 0. The van der Waals surface area contributed by atoms with Gasteiger partial charge in [0.25, 0.3) is 5.78 Å². The van der Waals surface area contributed by atoms with E-state index in [9.17, 15) is 19.7 Å². The third-order valence-corrected chi connectivity index (χ3v) is 3.19.